The van der Waals surface area contributed by atoms with Crippen LogP contribution in [-0.2, 0) is 37.8 Å². The third-order valence-electron chi connectivity index (χ3n) is 5.98. The third-order valence-corrected chi connectivity index (χ3v) is 8.49. The molecular formula is C21H33N5O5S2. The molecule has 1 aromatic heterocycles. The van der Waals surface area contributed by atoms with Crippen molar-refractivity contribution in [3.8, 4) is 0 Å². The molecule has 10 nitrogen and oxygen atoms in total. The summed E-state index contributed by atoms with van der Waals surface area (Å²) in [6.07, 6.45) is 4.42. The van der Waals surface area contributed by atoms with Gasteiger partial charge in [-0.05, 0) is 44.4 Å². The first kappa shape index (κ1) is 25.6. The van der Waals surface area contributed by atoms with E-state index in [0.29, 0.717) is 25.0 Å². The molecule has 1 aliphatic heterocycles. The summed E-state index contributed by atoms with van der Waals surface area (Å²) in [7, 11) is -3.91. The number of nitrogens with one attached hydrogen (secondary N) is 1. The topological polar surface area (TPSA) is 122 Å². The molecule has 0 aliphatic carbocycles. The van der Waals surface area contributed by atoms with Gasteiger partial charge in [0.15, 0.2) is 0 Å². The van der Waals surface area contributed by atoms with Crippen LogP contribution >= 0.6 is 0 Å². The first-order valence-electron chi connectivity index (χ1n) is 11.1. The monoisotopic (exact) mass is 499 g/mol. The maximum absolute atomic E-state index is 13.0. The second kappa shape index (κ2) is 10.1. The number of carbonyl (C=O) groups is 1. The van der Waals surface area contributed by atoms with Crippen molar-refractivity contribution >= 4 is 37.0 Å². The standard InChI is InChI=1S/C21H33N5O5S2/c1-5-25-19-10-9-17(33(30,31)24(2)3)14-18(19)23-20(25)11-12-21(27)26-13-7-6-8-16(26)15-22-32(4,28)29/h9-10,14,16,22H,5-8,11-13,15H2,1-4H3. The lowest BCUT2D eigenvalue weighted by atomic mass is 10.0. The lowest BCUT2D eigenvalue weighted by molar-refractivity contribution is -0.134. The van der Waals surface area contributed by atoms with Crippen LogP contribution in [0.1, 0.15) is 38.4 Å². The van der Waals surface area contributed by atoms with Crippen molar-refractivity contribution in [1.82, 2.24) is 23.5 Å². The van der Waals surface area contributed by atoms with E-state index in [0.717, 1.165) is 41.2 Å². The normalized spacial score (nSPS) is 17.7. The predicted octanol–water partition coefficient (Wildman–Crippen LogP) is 1.17. The van der Waals surface area contributed by atoms with Crippen LogP contribution in [0.3, 0.4) is 0 Å². The lowest BCUT2D eigenvalue weighted by Gasteiger charge is -2.36. The maximum Gasteiger partial charge on any atom is 0.242 e. The Kier molecular flexibility index (Phi) is 7.82. The smallest absolute Gasteiger partial charge is 0.242 e. The highest BCUT2D eigenvalue weighted by atomic mass is 32.2. The molecule has 0 spiro atoms. The second-order valence-electron chi connectivity index (χ2n) is 8.57. The SMILES string of the molecule is CCn1c(CCC(=O)N2CCCCC2CNS(C)(=O)=O)nc2cc(S(=O)(=O)N(C)C)ccc21. The van der Waals surface area contributed by atoms with Crippen molar-refractivity contribution < 1.29 is 21.6 Å². The van der Waals surface area contributed by atoms with Gasteiger partial charge in [-0.1, -0.05) is 0 Å². The summed E-state index contributed by atoms with van der Waals surface area (Å²) in [6, 6.07) is 4.75. The van der Waals surface area contributed by atoms with E-state index >= 15 is 0 Å². The van der Waals surface area contributed by atoms with Gasteiger partial charge in [-0.15, -0.1) is 0 Å². The number of nitrogens with zero attached hydrogens (tertiary/aromatic N) is 4. The zero-order chi connectivity index (χ0) is 24.4. The van der Waals surface area contributed by atoms with Crippen molar-refractivity contribution in [2.45, 2.75) is 56.5 Å². The summed E-state index contributed by atoms with van der Waals surface area (Å²) in [4.78, 5) is 19.6. The number of imidazole rings is 1. The minimum Gasteiger partial charge on any atom is -0.338 e. The van der Waals surface area contributed by atoms with Gasteiger partial charge in [0.25, 0.3) is 0 Å². The molecule has 1 unspecified atom stereocenters. The summed E-state index contributed by atoms with van der Waals surface area (Å²) >= 11 is 0. The van der Waals surface area contributed by atoms with Gasteiger partial charge in [0.2, 0.25) is 26.0 Å². The summed E-state index contributed by atoms with van der Waals surface area (Å²) in [5.74, 6) is 0.698. The van der Waals surface area contributed by atoms with E-state index in [-0.39, 0.29) is 29.8 Å². The van der Waals surface area contributed by atoms with Crippen molar-refractivity contribution in [2.24, 2.45) is 0 Å². The van der Waals surface area contributed by atoms with E-state index in [4.69, 9.17) is 0 Å². The number of aromatic nitrogens is 2. The molecule has 184 valence electrons. The number of piperidine rings is 1. The van der Waals surface area contributed by atoms with Crippen LogP contribution in [0, 0.1) is 0 Å². The van der Waals surface area contributed by atoms with Crippen molar-refractivity contribution in [1.29, 1.82) is 0 Å². The van der Waals surface area contributed by atoms with Gasteiger partial charge in [-0.2, -0.15) is 0 Å². The van der Waals surface area contributed by atoms with Crippen LogP contribution in [0.25, 0.3) is 11.0 Å². The Hall–Kier alpha value is -2.02. The molecule has 1 N–H and O–H groups in total. The van der Waals surface area contributed by atoms with E-state index in [1.807, 2.05) is 11.5 Å². The number of likely N-dealkylation sites (tertiary alicyclic amines) is 1. The Morgan fingerprint density at radius 2 is 1.94 bits per heavy atom. The van der Waals surface area contributed by atoms with Crippen LogP contribution < -0.4 is 4.72 Å². The van der Waals surface area contributed by atoms with Gasteiger partial charge in [0, 0.05) is 52.6 Å². The largest absolute Gasteiger partial charge is 0.338 e. The first-order chi connectivity index (χ1) is 15.4. The summed E-state index contributed by atoms with van der Waals surface area (Å²) in [6.45, 7) is 3.46. The molecule has 1 amide bonds. The Labute approximate surface area is 196 Å². The molecule has 1 aromatic carbocycles. The highest BCUT2D eigenvalue weighted by Gasteiger charge is 2.27. The van der Waals surface area contributed by atoms with E-state index in [1.165, 1.54) is 14.1 Å². The molecule has 1 saturated heterocycles. The van der Waals surface area contributed by atoms with Crippen LogP contribution in [0.4, 0.5) is 0 Å². The van der Waals surface area contributed by atoms with Gasteiger partial charge < -0.3 is 9.47 Å². The van der Waals surface area contributed by atoms with Crippen LogP contribution in [0.2, 0.25) is 0 Å². The van der Waals surface area contributed by atoms with Crippen LogP contribution in [0.15, 0.2) is 23.1 Å². The Morgan fingerprint density at radius 3 is 2.58 bits per heavy atom. The number of hydrogen-bond donors (Lipinski definition) is 1. The average Bonchev–Trinajstić information content (AvgIpc) is 3.12. The van der Waals surface area contributed by atoms with Crippen molar-refractivity contribution in [2.75, 3.05) is 33.4 Å². The number of fused-ring (bicyclic) bond motifs is 1. The molecule has 0 saturated carbocycles. The van der Waals surface area contributed by atoms with E-state index in [2.05, 4.69) is 9.71 Å². The minimum atomic E-state index is -3.57. The zero-order valence-corrected chi connectivity index (χ0v) is 21.2. The molecule has 2 aromatic rings. The number of sulfonamides is 2. The second-order valence-corrected chi connectivity index (χ2v) is 12.6. The number of hydrogen-bond acceptors (Lipinski definition) is 6. The van der Waals surface area contributed by atoms with Crippen molar-refractivity contribution in [3.05, 3.63) is 24.0 Å². The molecule has 1 fully saturated rings. The van der Waals surface area contributed by atoms with Gasteiger partial charge in [-0.3, -0.25) is 4.79 Å². The zero-order valence-electron chi connectivity index (χ0n) is 19.6. The van der Waals surface area contributed by atoms with Crippen molar-refractivity contribution in [3.63, 3.8) is 0 Å². The van der Waals surface area contributed by atoms with Crippen LogP contribution in [-0.4, -0.2) is 81.0 Å². The quantitative estimate of drug-likeness (QED) is 0.553. The fraction of sp³-hybridized carbons (Fsp3) is 0.619. The predicted molar refractivity (Wildman–Crippen MR) is 127 cm³/mol. The number of amides is 1. The number of carbonyl (C=O) groups excluding carboxylic acids is 1. The molecule has 3 rings (SSSR count). The molecule has 12 heteroatoms. The Balaban J connectivity index is 1.77. The molecule has 2 heterocycles. The highest BCUT2D eigenvalue weighted by molar-refractivity contribution is 7.89. The Bertz CT molecular complexity index is 1220. The van der Waals surface area contributed by atoms with Gasteiger partial charge in [0.1, 0.15) is 5.82 Å². The van der Waals surface area contributed by atoms with E-state index in [9.17, 15) is 21.6 Å². The van der Waals surface area contributed by atoms with Gasteiger partial charge >= 0.3 is 0 Å². The molecule has 0 radical (unpaired) electrons. The number of aryl methyl sites for hydroxylation is 2. The third kappa shape index (κ3) is 5.92. The maximum atomic E-state index is 13.0. The van der Waals surface area contributed by atoms with Crippen LogP contribution in [0.5, 0.6) is 0 Å². The van der Waals surface area contributed by atoms with E-state index < -0.39 is 20.0 Å². The van der Waals surface area contributed by atoms with Gasteiger partial charge in [0.05, 0.1) is 22.2 Å². The Morgan fingerprint density at radius 1 is 1.21 bits per heavy atom. The molecule has 1 atom stereocenters. The first-order valence-corrected chi connectivity index (χ1v) is 14.4. The highest BCUT2D eigenvalue weighted by Crippen LogP contribution is 2.24. The average molecular weight is 500 g/mol. The lowest BCUT2D eigenvalue weighted by Crippen LogP contribution is -2.49. The molecule has 1 aliphatic rings. The molecule has 0 bridgehead atoms. The fourth-order valence-corrected chi connectivity index (χ4v) is 5.64. The molecule has 33 heavy (non-hydrogen) atoms. The number of rotatable bonds is 9. The minimum absolute atomic E-state index is 0.0272. The van der Waals surface area contributed by atoms with E-state index in [1.54, 1.807) is 23.1 Å². The summed E-state index contributed by atoms with van der Waals surface area (Å²) < 4.78 is 53.6. The molecular weight excluding hydrogens is 466 g/mol. The summed E-state index contributed by atoms with van der Waals surface area (Å²) in [5.41, 5.74) is 1.40. The fourth-order valence-electron chi connectivity index (χ4n) is 4.23. The summed E-state index contributed by atoms with van der Waals surface area (Å²) in [5, 5.41) is 0. The number of benzene rings is 1. The van der Waals surface area contributed by atoms with Gasteiger partial charge in [-0.25, -0.2) is 30.8 Å².